The minimum Gasteiger partial charge on any atom is -0.355 e. The fraction of sp³-hybridized carbons (Fsp3) is 0.368. The normalized spacial score (nSPS) is 12.0. The molecule has 6 heteroatoms. The minimum absolute atomic E-state index is 0.0602. The van der Waals surface area contributed by atoms with Crippen LogP contribution in [-0.4, -0.2) is 42.9 Å². The maximum Gasteiger partial charge on any atom is 0.234 e. The summed E-state index contributed by atoms with van der Waals surface area (Å²) in [5.74, 6) is -0.150. The van der Waals surface area contributed by atoms with Crippen molar-refractivity contribution in [3.8, 4) is 0 Å². The zero-order chi connectivity index (χ0) is 18.1. The van der Waals surface area contributed by atoms with Gasteiger partial charge in [0.1, 0.15) is 0 Å². The molecular formula is C19H25N3O2S. The van der Waals surface area contributed by atoms with Gasteiger partial charge in [-0.3, -0.25) is 14.5 Å². The summed E-state index contributed by atoms with van der Waals surface area (Å²) in [6, 6.07) is 13.8. The molecule has 0 aliphatic rings. The Hall–Kier alpha value is -2.18. The number of carbonyl (C=O) groups is 2. The van der Waals surface area contributed by atoms with Crippen LogP contribution in [0.2, 0.25) is 0 Å². The van der Waals surface area contributed by atoms with Crippen molar-refractivity contribution in [3.63, 3.8) is 0 Å². The molecule has 0 saturated heterocycles. The summed E-state index contributed by atoms with van der Waals surface area (Å²) >= 11 is 1.62. The number of amides is 2. The van der Waals surface area contributed by atoms with Crippen molar-refractivity contribution in [1.29, 1.82) is 0 Å². The molecule has 0 unspecified atom stereocenters. The first kappa shape index (κ1) is 19.1. The lowest BCUT2D eigenvalue weighted by atomic mass is 10.1. The molecule has 1 atom stereocenters. The van der Waals surface area contributed by atoms with E-state index in [0.717, 1.165) is 10.4 Å². The fourth-order valence-electron chi connectivity index (χ4n) is 2.57. The Labute approximate surface area is 153 Å². The van der Waals surface area contributed by atoms with E-state index in [1.165, 1.54) is 0 Å². The van der Waals surface area contributed by atoms with Gasteiger partial charge < -0.3 is 10.6 Å². The molecule has 1 aromatic carbocycles. The molecule has 2 rings (SSSR count). The highest BCUT2D eigenvalue weighted by molar-refractivity contribution is 7.10. The molecule has 0 saturated carbocycles. The van der Waals surface area contributed by atoms with Gasteiger partial charge in [-0.25, -0.2) is 0 Å². The van der Waals surface area contributed by atoms with Crippen LogP contribution in [0.1, 0.15) is 30.3 Å². The number of thiophene rings is 1. The van der Waals surface area contributed by atoms with Gasteiger partial charge in [-0.1, -0.05) is 43.3 Å². The van der Waals surface area contributed by atoms with Gasteiger partial charge in [-0.15, -0.1) is 11.3 Å². The molecule has 5 nitrogen and oxygen atoms in total. The van der Waals surface area contributed by atoms with Crippen LogP contribution in [0, 0.1) is 0 Å². The predicted molar refractivity (Wildman–Crippen MR) is 102 cm³/mol. The summed E-state index contributed by atoms with van der Waals surface area (Å²) in [6.45, 7) is 5.48. The topological polar surface area (TPSA) is 61.4 Å². The van der Waals surface area contributed by atoms with Gasteiger partial charge in [0.2, 0.25) is 11.8 Å². The largest absolute Gasteiger partial charge is 0.355 e. The van der Waals surface area contributed by atoms with Crippen molar-refractivity contribution in [1.82, 2.24) is 15.5 Å². The first-order chi connectivity index (χ1) is 12.1. The summed E-state index contributed by atoms with van der Waals surface area (Å²) in [5, 5.41) is 7.87. The van der Waals surface area contributed by atoms with Crippen LogP contribution < -0.4 is 10.6 Å². The van der Waals surface area contributed by atoms with Crippen molar-refractivity contribution in [2.45, 2.75) is 19.9 Å². The molecule has 0 radical (unpaired) electrons. The maximum atomic E-state index is 12.6. The van der Waals surface area contributed by atoms with Crippen LogP contribution in [0.5, 0.6) is 0 Å². The van der Waals surface area contributed by atoms with E-state index in [4.69, 9.17) is 0 Å². The highest BCUT2D eigenvalue weighted by atomic mass is 32.1. The second-order valence-corrected chi connectivity index (χ2v) is 6.66. The number of nitrogens with one attached hydrogen (secondary N) is 2. The van der Waals surface area contributed by atoms with Crippen LogP contribution in [0.15, 0.2) is 47.8 Å². The molecule has 0 aliphatic carbocycles. The Bertz CT molecular complexity index is 659. The third kappa shape index (κ3) is 5.99. The number of benzene rings is 1. The lowest BCUT2D eigenvalue weighted by molar-refractivity contribution is -0.125. The Morgan fingerprint density at radius 1 is 1.04 bits per heavy atom. The number of rotatable bonds is 9. The van der Waals surface area contributed by atoms with Gasteiger partial charge in [0.25, 0.3) is 0 Å². The summed E-state index contributed by atoms with van der Waals surface area (Å²) in [5.41, 5.74) is 1.05. The van der Waals surface area contributed by atoms with E-state index in [1.54, 1.807) is 11.3 Å². The highest BCUT2D eigenvalue weighted by Gasteiger charge is 2.19. The number of carbonyl (C=O) groups excluding carboxylic acids is 2. The van der Waals surface area contributed by atoms with Gasteiger partial charge in [0.15, 0.2) is 0 Å². The SMILES string of the molecule is CCNC(=O)CN(CC)CC(=O)N[C@@H](c1ccccc1)c1cccs1. The van der Waals surface area contributed by atoms with Gasteiger partial charge in [-0.05, 0) is 30.5 Å². The van der Waals surface area contributed by atoms with Crippen molar-refractivity contribution in [3.05, 3.63) is 58.3 Å². The number of hydrogen-bond acceptors (Lipinski definition) is 4. The Balaban J connectivity index is 2.03. The Kier molecular flexibility index (Phi) is 7.63. The average molecular weight is 359 g/mol. The maximum absolute atomic E-state index is 12.6. The number of nitrogens with zero attached hydrogens (tertiary/aromatic N) is 1. The van der Waals surface area contributed by atoms with E-state index in [1.807, 2.05) is 66.6 Å². The van der Waals surface area contributed by atoms with Crippen LogP contribution in [0.4, 0.5) is 0 Å². The van der Waals surface area contributed by atoms with Gasteiger partial charge in [0.05, 0.1) is 19.1 Å². The highest BCUT2D eigenvalue weighted by Crippen LogP contribution is 2.25. The van der Waals surface area contributed by atoms with Crippen LogP contribution in [0.3, 0.4) is 0 Å². The summed E-state index contributed by atoms with van der Waals surface area (Å²) < 4.78 is 0. The molecule has 0 spiro atoms. The first-order valence-electron chi connectivity index (χ1n) is 8.50. The number of hydrogen-bond donors (Lipinski definition) is 2. The zero-order valence-corrected chi connectivity index (χ0v) is 15.5. The monoisotopic (exact) mass is 359 g/mol. The summed E-state index contributed by atoms with van der Waals surface area (Å²) in [6.07, 6.45) is 0. The van der Waals surface area contributed by atoms with Crippen molar-refractivity contribution in [2.75, 3.05) is 26.2 Å². The van der Waals surface area contributed by atoms with Crippen molar-refractivity contribution < 1.29 is 9.59 Å². The molecule has 0 bridgehead atoms. The zero-order valence-electron chi connectivity index (χ0n) is 14.7. The summed E-state index contributed by atoms with van der Waals surface area (Å²) in [4.78, 5) is 27.2. The Morgan fingerprint density at radius 2 is 1.76 bits per heavy atom. The van der Waals surface area contributed by atoms with Gasteiger partial charge in [-0.2, -0.15) is 0 Å². The molecule has 25 heavy (non-hydrogen) atoms. The van der Waals surface area contributed by atoms with Crippen LogP contribution in [-0.2, 0) is 9.59 Å². The predicted octanol–water partition coefficient (Wildman–Crippen LogP) is 2.41. The third-order valence-corrected chi connectivity index (χ3v) is 4.76. The molecule has 1 heterocycles. The van der Waals surface area contributed by atoms with Crippen LogP contribution in [0.25, 0.3) is 0 Å². The van der Waals surface area contributed by atoms with E-state index in [0.29, 0.717) is 13.1 Å². The van der Waals surface area contributed by atoms with E-state index in [2.05, 4.69) is 10.6 Å². The Morgan fingerprint density at radius 3 is 2.36 bits per heavy atom. The molecule has 0 fully saturated rings. The van der Waals surface area contributed by atoms with E-state index >= 15 is 0 Å². The molecular weight excluding hydrogens is 334 g/mol. The molecule has 2 aromatic rings. The first-order valence-corrected chi connectivity index (χ1v) is 9.38. The van der Waals surface area contributed by atoms with Gasteiger partial charge >= 0.3 is 0 Å². The smallest absolute Gasteiger partial charge is 0.234 e. The lowest BCUT2D eigenvalue weighted by Gasteiger charge is -2.22. The second-order valence-electron chi connectivity index (χ2n) is 5.68. The van der Waals surface area contributed by atoms with E-state index in [9.17, 15) is 9.59 Å². The average Bonchev–Trinajstić information content (AvgIpc) is 3.14. The van der Waals surface area contributed by atoms with Crippen LogP contribution >= 0.6 is 11.3 Å². The molecule has 1 aromatic heterocycles. The fourth-order valence-corrected chi connectivity index (χ4v) is 3.37. The quantitative estimate of drug-likeness (QED) is 0.723. The summed E-state index contributed by atoms with van der Waals surface area (Å²) in [7, 11) is 0. The molecule has 134 valence electrons. The van der Waals surface area contributed by atoms with E-state index in [-0.39, 0.29) is 30.9 Å². The minimum atomic E-state index is -0.170. The second kappa shape index (κ2) is 9.96. The lowest BCUT2D eigenvalue weighted by Crippen LogP contribution is -2.43. The molecule has 2 amide bonds. The van der Waals surface area contributed by atoms with Gasteiger partial charge in [0, 0.05) is 11.4 Å². The van der Waals surface area contributed by atoms with Crippen molar-refractivity contribution >= 4 is 23.2 Å². The van der Waals surface area contributed by atoms with E-state index < -0.39 is 0 Å². The standard InChI is InChI=1S/C19H25N3O2S/c1-3-20-17(23)13-22(4-2)14-18(24)21-19(16-11-8-12-25-16)15-9-6-5-7-10-15/h5-12,19H,3-4,13-14H2,1-2H3,(H,20,23)(H,21,24)/t19-/m0/s1. The third-order valence-electron chi connectivity index (χ3n) is 3.82. The molecule has 0 aliphatic heterocycles. The number of likely N-dealkylation sites (N-methyl/N-ethyl adjacent to an activating group) is 2. The van der Waals surface area contributed by atoms with Crippen molar-refractivity contribution in [2.24, 2.45) is 0 Å². The molecule has 2 N–H and O–H groups in total.